The first-order chi connectivity index (χ1) is 12.1. The Balaban J connectivity index is 1.41. The van der Waals surface area contributed by atoms with Crippen molar-refractivity contribution in [3.63, 3.8) is 0 Å². The monoisotopic (exact) mass is 344 g/mol. The van der Waals surface area contributed by atoms with E-state index in [1.807, 2.05) is 12.2 Å². The molecular weight excluding hydrogens is 324 g/mol. The van der Waals surface area contributed by atoms with Gasteiger partial charge in [0.1, 0.15) is 0 Å². The Morgan fingerprint density at radius 1 is 1.00 bits per heavy atom. The fraction of sp³-hybridized carbons (Fsp3) is 0.500. The van der Waals surface area contributed by atoms with E-state index in [-0.39, 0.29) is 23.7 Å². The number of nitrogens with zero attached hydrogens (tertiary/aromatic N) is 2. The van der Waals surface area contributed by atoms with Crippen LogP contribution in [0, 0.1) is 23.7 Å². The number of piperazine rings is 1. The lowest BCUT2D eigenvalue weighted by Gasteiger charge is -2.37. The van der Waals surface area contributed by atoms with Gasteiger partial charge in [-0.2, -0.15) is 0 Å². The average Bonchev–Trinajstić information content (AvgIpc) is 3.36. The van der Waals surface area contributed by atoms with Gasteiger partial charge in [0.25, 0.3) is 5.91 Å². The van der Waals surface area contributed by atoms with E-state index in [1.165, 1.54) is 6.26 Å². The maximum atomic E-state index is 12.9. The number of amides is 2. The molecule has 0 aromatic carbocycles. The van der Waals surface area contributed by atoms with E-state index in [2.05, 4.69) is 0 Å². The highest BCUT2D eigenvalue weighted by Crippen LogP contribution is 2.48. The molecule has 4 atom stereocenters. The number of fused-ring (bicyclic) bond motifs is 2. The number of carboxylic acids is 1. The van der Waals surface area contributed by atoms with Gasteiger partial charge in [0, 0.05) is 26.2 Å². The Morgan fingerprint density at radius 2 is 1.64 bits per heavy atom. The van der Waals surface area contributed by atoms with Crippen molar-refractivity contribution in [3.8, 4) is 0 Å². The summed E-state index contributed by atoms with van der Waals surface area (Å²) in [4.78, 5) is 40.2. The van der Waals surface area contributed by atoms with Gasteiger partial charge in [-0.25, -0.2) is 0 Å². The summed E-state index contributed by atoms with van der Waals surface area (Å²) in [5.74, 6) is -1.95. The molecule has 1 saturated heterocycles. The largest absolute Gasteiger partial charge is 0.481 e. The highest BCUT2D eigenvalue weighted by atomic mass is 16.4. The molecule has 1 N–H and O–H groups in total. The molecule has 2 aliphatic carbocycles. The SMILES string of the molecule is O=C(O)[C@@H]1[C@H](C(=O)N2CCN(C(=O)c3ccco3)CC2)[C@H]2C=C[C@H]1C2. The molecule has 0 radical (unpaired) electrons. The summed E-state index contributed by atoms with van der Waals surface area (Å²) in [6.07, 6.45) is 6.14. The summed E-state index contributed by atoms with van der Waals surface area (Å²) in [5.41, 5.74) is 0. The number of carbonyl (C=O) groups excluding carboxylic acids is 2. The van der Waals surface area contributed by atoms with Crippen LogP contribution in [0.5, 0.6) is 0 Å². The third-order valence-electron chi connectivity index (χ3n) is 5.64. The quantitative estimate of drug-likeness (QED) is 0.829. The molecule has 1 saturated carbocycles. The zero-order valence-electron chi connectivity index (χ0n) is 13.7. The maximum Gasteiger partial charge on any atom is 0.307 e. The van der Waals surface area contributed by atoms with E-state index >= 15 is 0 Å². The van der Waals surface area contributed by atoms with E-state index in [9.17, 15) is 19.5 Å². The van der Waals surface area contributed by atoms with Crippen LogP contribution in [-0.2, 0) is 9.59 Å². The fourth-order valence-electron chi connectivity index (χ4n) is 4.39. The minimum atomic E-state index is -0.887. The van der Waals surface area contributed by atoms with E-state index in [4.69, 9.17) is 4.42 Å². The van der Waals surface area contributed by atoms with Gasteiger partial charge in [0.2, 0.25) is 5.91 Å². The van der Waals surface area contributed by atoms with Gasteiger partial charge >= 0.3 is 5.97 Å². The third kappa shape index (κ3) is 2.63. The number of aliphatic carboxylic acids is 1. The molecule has 2 bridgehead atoms. The Hall–Kier alpha value is -2.57. The highest BCUT2D eigenvalue weighted by molar-refractivity contribution is 5.92. The number of furan rings is 1. The van der Waals surface area contributed by atoms with E-state index in [0.29, 0.717) is 31.9 Å². The molecule has 7 heteroatoms. The number of carboxylic acid groups (broad SMARTS) is 1. The first-order valence-corrected chi connectivity index (χ1v) is 8.59. The van der Waals surface area contributed by atoms with Crippen LogP contribution >= 0.6 is 0 Å². The smallest absolute Gasteiger partial charge is 0.307 e. The number of hydrogen-bond donors (Lipinski definition) is 1. The number of hydrogen-bond acceptors (Lipinski definition) is 4. The second kappa shape index (κ2) is 6.06. The van der Waals surface area contributed by atoms with Gasteiger partial charge in [-0.15, -0.1) is 0 Å². The molecule has 2 amide bonds. The first-order valence-electron chi connectivity index (χ1n) is 8.59. The van der Waals surface area contributed by atoms with Crippen LogP contribution in [0.15, 0.2) is 35.0 Å². The Morgan fingerprint density at radius 3 is 2.24 bits per heavy atom. The molecule has 0 spiro atoms. The summed E-state index contributed by atoms with van der Waals surface area (Å²) in [7, 11) is 0. The van der Waals surface area contributed by atoms with Crippen LogP contribution < -0.4 is 0 Å². The molecule has 1 aliphatic heterocycles. The van der Waals surface area contributed by atoms with Crippen molar-refractivity contribution in [3.05, 3.63) is 36.3 Å². The summed E-state index contributed by atoms with van der Waals surface area (Å²) < 4.78 is 5.13. The van der Waals surface area contributed by atoms with Gasteiger partial charge in [-0.3, -0.25) is 14.4 Å². The molecule has 1 aromatic heterocycles. The van der Waals surface area contributed by atoms with E-state index in [1.54, 1.807) is 21.9 Å². The Bertz CT molecular complexity index is 718. The molecule has 7 nitrogen and oxygen atoms in total. The van der Waals surface area contributed by atoms with Gasteiger partial charge in [0.05, 0.1) is 18.1 Å². The van der Waals surface area contributed by atoms with Gasteiger partial charge in [-0.1, -0.05) is 12.2 Å². The van der Waals surface area contributed by atoms with Crippen molar-refractivity contribution in [2.75, 3.05) is 26.2 Å². The second-order valence-electron chi connectivity index (χ2n) is 6.93. The van der Waals surface area contributed by atoms with Crippen molar-refractivity contribution in [1.82, 2.24) is 9.80 Å². The lowest BCUT2D eigenvalue weighted by atomic mass is 9.82. The molecule has 4 rings (SSSR count). The molecule has 132 valence electrons. The van der Waals surface area contributed by atoms with Crippen LogP contribution in [0.25, 0.3) is 0 Å². The minimum absolute atomic E-state index is 0.0291. The van der Waals surface area contributed by atoms with E-state index < -0.39 is 17.8 Å². The van der Waals surface area contributed by atoms with Gasteiger partial charge in [0.15, 0.2) is 5.76 Å². The predicted octanol–water partition coefficient (Wildman–Crippen LogP) is 1.09. The van der Waals surface area contributed by atoms with Crippen molar-refractivity contribution >= 4 is 17.8 Å². The molecular formula is C18H20N2O5. The summed E-state index contributed by atoms with van der Waals surface area (Å²) >= 11 is 0. The fourth-order valence-corrected chi connectivity index (χ4v) is 4.39. The standard InChI is InChI=1S/C18H20N2O5/c21-16(13-2-1-9-25-13)19-5-7-20(8-6-19)17(22)14-11-3-4-12(10-11)15(14)18(23)24/h1-4,9,11-12,14-15H,5-8,10H2,(H,23,24)/t11-,12-,14+,15-/m0/s1. The lowest BCUT2D eigenvalue weighted by Crippen LogP contribution is -2.53. The van der Waals surface area contributed by atoms with Crippen molar-refractivity contribution in [2.24, 2.45) is 23.7 Å². The highest BCUT2D eigenvalue weighted by Gasteiger charge is 2.52. The molecule has 0 unspecified atom stereocenters. The maximum absolute atomic E-state index is 12.9. The first kappa shape index (κ1) is 15.9. The molecule has 1 aromatic rings. The van der Waals surface area contributed by atoms with Crippen molar-refractivity contribution in [2.45, 2.75) is 6.42 Å². The normalized spacial score (nSPS) is 30.7. The summed E-state index contributed by atoms with van der Waals surface area (Å²) in [6, 6.07) is 3.29. The van der Waals surface area contributed by atoms with Crippen LogP contribution in [0.3, 0.4) is 0 Å². The van der Waals surface area contributed by atoms with Gasteiger partial charge < -0.3 is 19.3 Å². The van der Waals surface area contributed by atoms with E-state index in [0.717, 1.165) is 6.42 Å². The molecule has 2 heterocycles. The molecule has 3 aliphatic rings. The van der Waals surface area contributed by atoms with Crippen LogP contribution in [0.4, 0.5) is 0 Å². The number of allylic oxidation sites excluding steroid dienone is 2. The third-order valence-corrected chi connectivity index (χ3v) is 5.64. The topological polar surface area (TPSA) is 91.1 Å². The number of rotatable bonds is 3. The zero-order valence-corrected chi connectivity index (χ0v) is 13.7. The zero-order chi connectivity index (χ0) is 17.6. The Kier molecular flexibility index (Phi) is 3.86. The van der Waals surface area contributed by atoms with Crippen LogP contribution in [0.1, 0.15) is 17.0 Å². The lowest BCUT2D eigenvalue weighted by molar-refractivity contribution is -0.151. The van der Waals surface area contributed by atoms with Crippen molar-refractivity contribution < 1.29 is 23.9 Å². The minimum Gasteiger partial charge on any atom is -0.481 e. The summed E-state index contributed by atoms with van der Waals surface area (Å²) in [5, 5.41) is 9.51. The average molecular weight is 344 g/mol. The van der Waals surface area contributed by atoms with Crippen LogP contribution in [-0.4, -0.2) is 58.9 Å². The van der Waals surface area contributed by atoms with Crippen molar-refractivity contribution in [1.29, 1.82) is 0 Å². The molecule has 25 heavy (non-hydrogen) atoms. The van der Waals surface area contributed by atoms with Gasteiger partial charge in [-0.05, 0) is 30.4 Å². The summed E-state index contributed by atoms with van der Waals surface area (Å²) in [6.45, 7) is 1.71. The second-order valence-corrected chi connectivity index (χ2v) is 6.93. The molecule has 2 fully saturated rings. The predicted molar refractivity (Wildman–Crippen MR) is 86.5 cm³/mol. The number of carbonyl (C=O) groups is 3. The Labute approximate surface area is 144 Å². The van der Waals surface area contributed by atoms with Crippen LogP contribution in [0.2, 0.25) is 0 Å².